The molecule has 0 atom stereocenters. The highest BCUT2D eigenvalue weighted by atomic mass is 19.4. The lowest BCUT2D eigenvalue weighted by Gasteiger charge is -2.11. The van der Waals surface area contributed by atoms with Gasteiger partial charge in [-0.2, -0.15) is 13.2 Å². The number of methoxy groups -OCH3 is 1. The lowest BCUT2D eigenvalue weighted by Crippen LogP contribution is -2.22. The van der Waals surface area contributed by atoms with Crippen LogP contribution in [0.15, 0.2) is 42.5 Å². The van der Waals surface area contributed by atoms with Crippen LogP contribution >= 0.6 is 0 Å². The van der Waals surface area contributed by atoms with Crippen molar-refractivity contribution in [2.45, 2.75) is 6.18 Å². The number of hydrogen-bond donors (Lipinski definition) is 2. The third-order valence-corrected chi connectivity index (χ3v) is 3.08. The highest BCUT2D eigenvalue weighted by Crippen LogP contribution is 2.30. The summed E-state index contributed by atoms with van der Waals surface area (Å²) in [6, 6.07) is 8.37. The summed E-state index contributed by atoms with van der Waals surface area (Å²) >= 11 is 0. The van der Waals surface area contributed by atoms with E-state index in [1.54, 1.807) is 0 Å². The SMILES string of the molecule is COc1ccc(NC(=O)CNc2cccc(C(F)(F)F)c2)cc1F. The maximum atomic E-state index is 13.5. The fraction of sp³-hybridized carbons (Fsp3) is 0.188. The average Bonchev–Trinajstić information content (AvgIpc) is 2.53. The summed E-state index contributed by atoms with van der Waals surface area (Å²) in [7, 11) is 1.32. The molecule has 2 N–H and O–H groups in total. The first-order valence-corrected chi connectivity index (χ1v) is 6.84. The Bertz CT molecular complexity index is 732. The second kappa shape index (κ2) is 7.20. The van der Waals surface area contributed by atoms with Crippen LogP contribution in [-0.4, -0.2) is 19.6 Å². The lowest BCUT2D eigenvalue weighted by atomic mass is 10.2. The van der Waals surface area contributed by atoms with E-state index < -0.39 is 23.5 Å². The number of rotatable bonds is 5. The fourth-order valence-corrected chi connectivity index (χ4v) is 1.94. The van der Waals surface area contributed by atoms with Crippen molar-refractivity contribution < 1.29 is 27.1 Å². The first-order valence-electron chi connectivity index (χ1n) is 6.84. The van der Waals surface area contributed by atoms with Gasteiger partial charge >= 0.3 is 6.18 Å². The Balaban J connectivity index is 1.95. The number of benzene rings is 2. The van der Waals surface area contributed by atoms with E-state index in [0.717, 1.165) is 18.2 Å². The van der Waals surface area contributed by atoms with Crippen LogP contribution in [0.4, 0.5) is 28.9 Å². The van der Waals surface area contributed by atoms with Crippen LogP contribution < -0.4 is 15.4 Å². The zero-order chi connectivity index (χ0) is 17.7. The van der Waals surface area contributed by atoms with Gasteiger partial charge in [-0.15, -0.1) is 0 Å². The molecule has 0 fully saturated rings. The number of carbonyl (C=O) groups excluding carboxylic acids is 1. The molecular weight excluding hydrogens is 328 g/mol. The molecular formula is C16H14F4N2O2. The molecule has 24 heavy (non-hydrogen) atoms. The number of alkyl halides is 3. The number of anilines is 2. The minimum Gasteiger partial charge on any atom is -0.494 e. The first-order chi connectivity index (χ1) is 11.3. The molecule has 0 aliphatic rings. The maximum absolute atomic E-state index is 13.5. The molecule has 4 nitrogen and oxygen atoms in total. The van der Waals surface area contributed by atoms with Gasteiger partial charge in [-0.05, 0) is 30.3 Å². The molecule has 2 aromatic carbocycles. The van der Waals surface area contributed by atoms with E-state index in [9.17, 15) is 22.4 Å². The predicted molar refractivity (Wildman–Crippen MR) is 81.5 cm³/mol. The average molecular weight is 342 g/mol. The third kappa shape index (κ3) is 4.61. The molecule has 0 saturated heterocycles. The number of nitrogens with one attached hydrogen (secondary N) is 2. The van der Waals surface area contributed by atoms with E-state index >= 15 is 0 Å². The molecule has 2 aromatic rings. The van der Waals surface area contributed by atoms with E-state index in [1.807, 2.05) is 0 Å². The highest BCUT2D eigenvalue weighted by Gasteiger charge is 2.30. The minimum absolute atomic E-state index is 0.0371. The standard InChI is InChI=1S/C16H14F4N2O2/c1-24-14-6-5-12(8-13(14)17)22-15(23)9-21-11-4-2-3-10(7-11)16(18,19)20/h2-8,21H,9H2,1H3,(H,22,23). The van der Waals surface area contributed by atoms with Crippen molar-refractivity contribution in [1.29, 1.82) is 0 Å². The van der Waals surface area contributed by atoms with Crippen molar-refractivity contribution in [2.24, 2.45) is 0 Å². The van der Waals surface area contributed by atoms with Gasteiger partial charge in [0.1, 0.15) is 0 Å². The van der Waals surface area contributed by atoms with E-state index in [-0.39, 0.29) is 23.7 Å². The topological polar surface area (TPSA) is 50.4 Å². The summed E-state index contributed by atoms with van der Waals surface area (Å²) in [4.78, 5) is 11.8. The van der Waals surface area contributed by atoms with Gasteiger partial charge in [0, 0.05) is 17.4 Å². The van der Waals surface area contributed by atoms with Crippen molar-refractivity contribution in [3.63, 3.8) is 0 Å². The van der Waals surface area contributed by atoms with Crippen LogP contribution in [0.1, 0.15) is 5.56 Å². The molecule has 0 radical (unpaired) electrons. The number of amides is 1. The second-order valence-electron chi connectivity index (χ2n) is 4.83. The molecule has 2 rings (SSSR count). The van der Waals surface area contributed by atoms with Crippen LogP contribution in [0, 0.1) is 5.82 Å². The van der Waals surface area contributed by atoms with Gasteiger partial charge < -0.3 is 15.4 Å². The van der Waals surface area contributed by atoms with E-state index in [1.165, 1.54) is 31.4 Å². The van der Waals surface area contributed by atoms with Crippen LogP contribution in [0.2, 0.25) is 0 Å². The summed E-state index contributed by atoms with van der Waals surface area (Å²) in [6.07, 6.45) is -4.46. The first kappa shape index (κ1) is 17.6. The third-order valence-electron chi connectivity index (χ3n) is 3.08. The van der Waals surface area contributed by atoms with Gasteiger partial charge in [-0.1, -0.05) is 6.07 Å². The lowest BCUT2D eigenvalue weighted by molar-refractivity contribution is -0.137. The highest BCUT2D eigenvalue weighted by molar-refractivity contribution is 5.93. The molecule has 0 aliphatic carbocycles. The van der Waals surface area contributed by atoms with Gasteiger partial charge in [-0.3, -0.25) is 4.79 Å². The number of halogens is 4. The minimum atomic E-state index is -4.46. The van der Waals surface area contributed by atoms with Gasteiger partial charge in [0.15, 0.2) is 11.6 Å². The zero-order valence-corrected chi connectivity index (χ0v) is 12.6. The van der Waals surface area contributed by atoms with Crippen molar-refractivity contribution in [3.05, 3.63) is 53.8 Å². The van der Waals surface area contributed by atoms with Crippen LogP contribution in [0.25, 0.3) is 0 Å². The largest absolute Gasteiger partial charge is 0.494 e. The number of carbonyl (C=O) groups is 1. The Morgan fingerprint density at radius 1 is 1.12 bits per heavy atom. The van der Waals surface area contributed by atoms with Crippen molar-refractivity contribution in [1.82, 2.24) is 0 Å². The van der Waals surface area contributed by atoms with Crippen molar-refractivity contribution in [2.75, 3.05) is 24.3 Å². The summed E-state index contributed by atoms with van der Waals surface area (Å²) in [5.74, 6) is -1.13. The summed E-state index contributed by atoms with van der Waals surface area (Å²) in [6.45, 7) is -0.269. The van der Waals surface area contributed by atoms with Crippen molar-refractivity contribution >= 4 is 17.3 Å². The second-order valence-corrected chi connectivity index (χ2v) is 4.83. The van der Waals surface area contributed by atoms with Crippen LogP contribution in [-0.2, 0) is 11.0 Å². The summed E-state index contributed by atoms with van der Waals surface area (Å²) in [5.41, 5.74) is -0.449. The molecule has 0 heterocycles. The fourth-order valence-electron chi connectivity index (χ4n) is 1.94. The molecule has 0 bridgehead atoms. The number of hydrogen-bond acceptors (Lipinski definition) is 3. The summed E-state index contributed by atoms with van der Waals surface area (Å²) in [5, 5.41) is 5.01. The van der Waals surface area contributed by atoms with Crippen LogP contribution in [0.5, 0.6) is 5.75 Å². The Labute approximate surface area is 135 Å². The predicted octanol–water partition coefficient (Wildman–Crippen LogP) is 3.90. The van der Waals surface area contributed by atoms with E-state index in [0.29, 0.717) is 0 Å². The van der Waals surface area contributed by atoms with Gasteiger partial charge in [-0.25, -0.2) is 4.39 Å². The quantitative estimate of drug-likeness (QED) is 0.810. The molecule has 0 aromatic heterocycles. The normalized spacial score (nSPS) is 11.0. The Morgan fingerprint density at radius 2 is 1.88 bits per heavy atom. The van der Waals surface area contributed by atoms with Gasteiger partial charge in [0.05, 0.1) is 19.2 Å². The maximum Gasteiger partial charge on any atom is 0.416 e. The summed E-state index contributed by atoms with van der Waals surface area (Å²) < 4.78 is 56.1. The van der Waals surface area contributed by atoms with E-state index in [4.69, 9.17) is 4.74 Å². The van der Waals surface area contributed by atoms with E-state index in [2.05, 4.69) is 10.6 Å². The molecule has 128 valence electrons. The molecule has 1 amide bonds. The van der Waals surface area contributed by atoms with Crippen molar-refractivity contribution in [3.8, 4) is 5.75 Å². The molecule has 0 aliphatic heterocycles. The number of ether oxygens (including phenoxy) is 1. The Hall–Kier alpha value is -2.77. The molecule has 0 spiro atoms. The molecule has 0 saturated carbocycles. The monoisotopic (exact) mass is 342 g/mol. The molecule has 8 heteroatoms. The van der Waals surface area contributed by atoms with Gasteiger partial charge in [0.2, 0.25) is 5.91 Å². The molecule has 0 unspecified atom stereocenters. The zero-order valence-electron chi connectivity index (χ0n) is 12.6. The Kier molecular flexibility index (Phi) is 5.28. The van der Waals surface area contributed by atoms with Crippen LogP contribution in [0.3, 0.4) is 0 Å². The Morgan fingerprint density at radius 3 is 2.50 bits per heavy atom. The van der Waals surface area contributed by atoms with Gasteiger partial charge in [0.25, 0.3) is 0 Å². The smallest absolute Gasteiger partial charge is 0.416 e.